The highest BCUT2D eigenvalue weighted by Gasteiger charge is 2.37. The van der Waals surface area contributed by atoms with Gasteiger partial charge in [0.25, 0.3) is 0 Å². The summed E-state index contributed by atoms with van der Waals surface area (Å²) in [6.45, 7) is -0.677. The van der Waals surface area contributed by atoms with Crippen LogP contribution in [0, 0.1) is 23.0 Å². The van der Waals surface area contributed by atoms with Crippen molar-refractivity contribution in [3.05, 3.63) is 100 Å². The zero-order valence-electron chi connectivity index (χ0n) is 18.4. The second kappa shape index (κ2) is 10.2. The van der Waals surface area contributed by atoms with E-state index in [9.17, 15) is 23.6 Å². The van der Waals surface area contributed by atoms with Crippen molar-refractivity contribution in [2.75, 3.05) is 13.2 Å². The van der Waals surface area contributed by atoms with Crippen LogP contribution in [0.1, 0.15) is 33.9 Å². The van der Waals surface area contributed by atoms with Crippen molar-refractivity contribution in [1.29, 1.82) is 5.26 Å². The van der Waals surface area contributed by atoms with Crippen molar-refractivity contribution in [3.8, 4) is 11.8 Å². The molecule has 1 aliphatic heterocycles. The van der Waals surface area contributed by atoms with E-state index in [1.54, 1.807) is 24.3 Å². The van der Waals surface area contributed by atoms with Gasteiger partial charge in [0, 0.05) is 12.1 Å². The molecule has 1 aliphatic rings. The van der Waals surface area contributed by atoms with Crippen molar-refractivity contribution in [2.45, 2.75) is 19.1 Å². The second-order valence-corrected chi connectivity index (χ2v) is 7.86. The number of carboxylic acids is 1. The van der Waals surface area contributed by atoms with Gasteiger partial charge in [-0.1, -0.05) is 36.4 Å². The molecule has 0 fully saturated rings. The molecule has 4 rings (SSSR count). The van der Waals surface area contributed by atoms with Crippen LogP contribution in [0.4, 0.5) is 13.6 Å². The van der Waals surface area contributed by atoms with Crippen LogP contribution in [-0.2, 0) is 22.6 Å². The van der Waals surface area contributed by atoms with Gasteiger partial charge >= 0.3 is 12.1 Å². The van der Waals surface area contributed by atoms with Crippen LogP contribution < -0.4 is 4.74 Å². The molecule has 0 aliphatic carbocycles. The van der Waals surface area contributed by atoms with Gasteiger partial charge in [-0.25, -0.2) is 18.4 Å². The van der Waals surface area contributed by atoms with Gasteiger partial charge in [-0.2, -0.15) is 5.26 Å². The molecule has 35 heavy (non-hydrogen) atoms. The van der Waals surface area contributed by atoms with E-state index in [1.165, 1.54) is 29.2 Å². The number of nitriles is 1. The lowest BCUT2D eigenvalue weighted by Gasteiger charge is -2.37. The van der Waals surface area contributed by atoms with E-state index in [4.69, 9.17) is 14.6 Å². The topological polar surface area (TPSA) is 99.9 Å². The molecule has 9 heteroatoms. The number of benzene rings is 3. The van der Waals surface area contributed by atoms with Gasteiger partial charge in [-0.15, -0.1) is 0 Å². The number of hydrogen-bond donors (Lipinski definition) is 1. The SMILES string of the molecule is N#Cc1ccc(OCC(=O)O)c(C2c3ccc(F)c(F)c3CCN2C(=O)OCc2ccccc2)c1. The van der Waals surface area contributed by atoms with E-state index in [-0.39, 0.29) is 42.0 Å². The van der Waals surface area contributed by atoms with Crippen molar-refractivity contribution < 1.29 is 33.0 Å². The van der Waals surface area contributed by atoms with Crippen LogP contribution in [0.2, 0.25) is 0 Å². The molecule has 0 aromatic heterocycles. The number of ether oxygens (including phenoxy) is 2. The zero-order valence-corrected chi connectivity index (χ0v) is 18.4. The minimum Gasteiger partial charge on any atom is -0.482 e. The first-order valence-electron chi connectivity index (χ1n) is 10.7. The Morgan fingerprint density at radius 3 is 2.57 bits per heavy atom. The van der Waals surface area contributed by atoms with Gasteiger partial charge in [0.05, 0.1) is 17.7 Å². The highest BCUT2D eigenvalue weighted by atomic mass is 19.2. The van der Waals surface area contributed by atoms with Gasteiger partial charge in [-0.3, -0.25) is 4.90 Å². The molecular weight excluding hydrogens is 458 g/mol. The molecule has 1 atom stereocenters. The Kier molecular flexibility index (Phi) is 6.92. The van der Waals surface area contributed by atoms with Crippen LogP contribution >= 0.6 is 0 Å². The van der Waals surface area contributed by atoms with Crippen molar-refractivity contribution in [1.82, 2.24) is 4.90 Å². The Morgan fingerprint density at radius 2 is 1.86 bits per heavy atom. The normalized spacial score (nSPS) is 14.5. The summed E-state index contributed by atoms with van der Waals surface area (Å²) in [5.74, 6) is -3.17. The predicted octanol–water partition coefficient (Wildman–Crippen LogP) is 4.58. The number of amides is 1. The number of hydrogen-bond acceptors (Lipinski definition) is 5. The molecule has 0 spiro atoms. The van der Waals surface area contributed by atoms with Crippen molar-refractivity contribution in [3.63, 3.8) is 0 Å². The quantitative estimate of drug-likeness (QED) is 0.557. The van der Waals surface area contributed by atoms with E-state index in [2.05, 4.69) is 0 Å². The van der Waals surface area contributed by atoms with E-state index < -0.39 is 36.3 Å². The summed E-state index contributed by atoms with van der Waals surface area (Å²) < 4.78 is 39.6. The number of nitrogens with zero attached hydrogens (tertiary/aromatic N) is 2. The number of aliphatic carboxylic acids is 1. The molecule has 7 nitrogen and oxygen atoms in total. The molecule has 0 saturated heterocycles. The predicted molar refractivity (Wildman–Crippen MR) is 120 cm³/mol. The lowest BCUT2D eigenvalue weighted by Crippen LogP contribution is -2.41. The smallest absolute Gasteiger partial charge is 0.410 e. The fourth-order valence-corrected chi connectivity index (χ4v) is 4.08. The fourth-order valence-electron chi connectivity index (χ4n) is 4.08. The lowest BCUT2D eigenvalue weighted by molar-refractivity contribution is -0.139. The minimum absolute atomic E-state index is 0.000808. The van der Waals surface area contributed by atoms with Gasteiger partial charge in [0.15, 0.2) is 18.2 Å². The van der Waals surface area contributed by atoms with Gasteiger partial charge < -0.3 is 14.6 Å². The molecule has 0 bridgehead atoms. The average Bonchev–Trinajstić information content (AvgIpc) is 2.88. The molecule has 3 aromatic carbocycles. The van der Waals surface area contributed by atoms with Crippen molar-refractivity contribution >= 4 is 12.1 Å². The molecule has 1 heterocycles. The largest absolute Gasteiger partial charge is 0.482 e. The van der Waals surface area contributed by atoms with Crippen LogP contribution in [0.15, 0.2) is 60.7 Å². The van der Waals surface area contributed by atoms with Crippen LogP contribution in [0.3, 0.4) is 0 Å². The van der Waals surface area contributed by atoms with Gasteiger partial charge in [0.2, 0.25) is 0 Å². The highest BCUT2D eigenvalue weighted by Crippen LogP contribution is 2.41. The number of carbonyl (C=O) groups is 2. The first-order valence-corrected chi connectivity index (χ1v) is 10.7. The average molecular weight is 478 g/mol. The van der Waals surface area contributed by atoms with Crippen molar-refractivity contribution in [2.24, 2.45) is 0 Å². The maximum absolute atomic E-state index is 14.7. The Bertz CT molecular complexity index is 1310. The zero-order chi connectivity index (χ0) is 24.9. The summed E-state index contributed by atoms with van der Waals surface area (Å²) in [7, 11) is 0. The van der Waals surface area contributed by atoms with Crippen LogP contribution in [-0.4, -0.2) is 35.2 Å². The van der Waals surface area contributed by atoms with E-state index >= 15 is 0 Å². The molecule has 1 N–H and O–H groups in total. The molecule has 0 saturated carbocycles. The summed E-state index contributed by atoms with van der Waals surface area (Å²) in [5.41, 5.74) is 1.62. The summed E-state index contributed by atoms with van der Waals surface area (Å²) in [4.78, 5) is 25.6. The number of rotatable bonds is 6. The molecule has 3 aromatic rings. The Labute approximate surface area is 199 Å². The lowest BCUT2D eigenvalue weighted by atomic mass is 9.87. The summed E-state index contributed by atoms with van der Waals surface area (Å²) in [5, 5.41) is 18.5. The first kappa shape index (κ1) is 23.7. The Morgan fingerprint density at radius 1 is 1.09 bits per heavy atom. The third-order valence-electron chi connectivity index (χ3n) is 5.67. The molecule has 1 unspecified atom stereocenters. The molecular formula is C26H20F2N2O5. The molecule has 178 valence electrons. The standard InChI is InChI=1S/C26H20F2N2O5/c27-21-8-7-19-18(24(21)28)10-11-30(26(33)35-14-16-4-2-1-3-5-16)25(19)20-12-17(13-29)6-9-22(20)34-15-23(31)32/h1-9,12,25H,10-11,14-15H2,(H,31,32). The van der Waals surface area contributed by atoms with Crippen LogP contribution in [0.5, 0.6) is 5.75 Å². The van der Waals surface area contributed by atoms with E-state index in [1.807, 2.05) is 12.1 Å². The van der Waals surface area contributed by atoms with E-state index in [0.29, 0.717) is 5.56 Å². The summed E-state index contributed by atoms with van der Waals surface area (Å²) in [6.07, 6.45) is -0.667. The Hall–Kier alpha value is -4.45. The second-order valence-electron chi connectivity index (χ2n) is 7.86. The molecule has 1 amide bonds. The molecule has 0 radical (unpaired) electrons. The monoisotopic (exact) mass is 478 g/mol. The van der Waals surface area contributed by atoms with Gasteiger partial charge in [-0.05, 0) is 47.4 Å². The fraction of sp³-hybridized carbons (Fsp3) is 0.192. The number of carbonyl (C=O) groups excluding carboxylic acids is 1. The first-order chi connectivity index (χ1) is 16.9. The summed E-state index contributed by atoms with van der Waals surface area (Å²) in [6, 6.07) is 16.6. The van der Waals surface area contributed by atoms with Gasteiger partial charge in [0.1, 0.15) is 12.4 Å². The number of halogens is 2. The third-order valence-corrected chi connectivity index (χ3v) is 5.67. The number of fused-ring (bicyclic) bond motifs is 1. The maximum Gasteiger partial charge on any atom is 0.410 e. The third kappa shape index (κ3) is 5.06. The minimum atomic E-state index is -1.23. The van der Waals surface area contributed by atoms with Crippen LogP contribution in [0.25, 0.3) is 0 Å². The Balaban J connectivity index is 1.78. The van der Waals surface area contributed by atoms with E-state index in [0.717, 1.165) is 11.6 Å². The number of carboxylic acid groups (broad SMARTS) is 1. The maximum atomic E-state index is 14.7. The summed E-state index contributed by atoms with van der Waals surface area (Å²) >= 11 is 0. The highest BCUT2D eigenvalue weighted by molar-refractivity contribution is 5.71.